The van der Waals surface area contributed by atoms with Crippen LogP contribution < -0.4 is 16.4 Å². The molecule has 0 fully saturated rings. The molecule has 1 rings (SSSR count). The van der Waals surface area contributed by atoms with Crippen molar-refractivity contribution in [2.24, 2.45) is 0 Å². The number of nitrogen functional groups attached to an aromatic ring is 1. The number of nitrogens with one attached hydrogen (secondary N) is 2. The summed E-state index contributed by atoms with van der Waals surface area (Å²) in [5, 5.41) is 4.80. The lowest BCUT2D eigenvalue weighted by molar-refractivity contribution is -0.135. The van der Waals surface area contributed by atoms with Crippen molar-refractivity contribution in [3.05, 3.63) is 24.3 Å². The minimum absolute atomic E-state index is 0.0341. The number of hydrogen-bond donors (Lipinski definition) is 3. The Morgan fingerprint density at radius 2 is 2.06 bits per heavy atom. The van der Waals surface area contributed by atoms with E-state index in [0.717, 1.165) is 0 Å². The largest absolute Gasteiger partial charge is 0.399 e. The fourth-order valence-corrected chi connectivity index (χ4v) is 1.28. The van der Waals surface area contributed by atoms with E-state index < -0.39 is 18.6 Å². The van der Waals surface area contributed by atoms with E-state index in [-0.39, 0.29) is 13.0 Å². The number of benzene rings is 1. The molecule has 100 valence electrons. The van der Waals surface area contributed by atoms with Crippen LogP contribution in [0.4, 0.5) is 29.3 Å². The Morgan fingerprint density at radius 3 is 2.67 bits per heavy atom. The first-order chi connectivity index (χ1) is 8.37. The fraction of sp³-hybridized carbons (Fsp3) is 0.364. The zero-order chi connectivity index (χ0) is 13.6. The van der Waals surface area contributed by atoms with E-state index in [2.05, 4.69) is 10.6 Å². The van der Waals surface area contributed by atoms with Gasteiger partial charge in [0.25, 0.3) is 0 Å². The minimum Gasteiger partial charge on any atom is -0.399 e. The zero-order valence-corrected chi connectivity index (χ0v) is 9.55. The number of carbonyl (C=O) groups is 1. The van der Waals surface area contributed by atoms with Gasteiger partial charge in [0.05, 0.1) is 0 Å². The van der Waals surface area contributed by atoms with Crippen LogP contribution in [-0.4, -0.2) is 18.8 Å². The fourth-order valence-electron chi connectivity index (χ4n) is 1.28. The molecule has 0 aliphatic heterocycles. The number of carbonyl (C=O) groups excluding carboxylic acids is 1. The summed E-state index contributed by atoms with van der Waals surface area (Å²) in [5.41, 5.74) is 6.49. The Balaban J connectivity index is 2.26. The molecule has 0 spiro atoms. The molecule has 0 aromatic heterocycles. The number of amides is 2. The Hall–Kier alpha value is -1.92. The van der Waals surface area contributed by atoms with Crippen molar-refractivity contribution < 1.29 is 18.0 Å². The number of rotatable bonds is 4. The van der Waals surface area contributed by atoms with Gasteiger partial charge in [-0.3, -0.25) is 0 Å². The van der Waals surface area contributed by atoms with Gasteiger partial charge in [0, 0.05) is 24.3 Å². The lowest BCUT2D eigenvalue weighted by Crippen LogP contribution is -2.30. The summed E-state index contributed by atoms with van der Waals surface area (Å²) < 4.78 is 35.5. The van der Waals surface area contributed by atoms with Gasteiger partial charge in [0.1, 0.15) is 0 Å². The van der Waals surface area contributed by atoms with E-state index in [4.69, 9.17) is 5.73 Å². The molecule has 0 atom stereocenters. The third kappa shape index (κ3) is 5.97. The quantitative estimate of drug-likeness (QED) is 0.576. The molecule has 0 aliphatic carbocycles. The number of halogens is 3. The number of alkyl halides is 3. The number of anilines is 2. The first kappa shape index (κ1) is 14.1. The topological polar surface area (TPSA) is 67.1 Å². The van der Waals surface area contributed by atoms with Gasteiger partial charge < -0.3 is 16.4 Å². The van der Waals surface area contributed by atoms with Crippen molar-refractivity contribution in [2.45, 2.75) is 19.0 Å². The Bertz CT molecular complexity index is 407. The molecule has 1 aromatic rings. The first-order valence-electron chi connectivity index (χ1n) is 5.34. The molecule has 0 bridgehead atoms. The summed E-state index contributed by atoms with van der Waals surface area (Å²) >= 11 is 0. The Labute approximate surface area is 102 Å². The monoisotopic (exact) mass is 261 g/mol. The normalized spacial score (nSPS) is 11.1. The molecule has 0 heterocycles. The van der Waals surface area contributed by atoms with Crippen LogP contribution in [0, 0.1) is 0 Å². The van der Waals surface area contributed by atoms with E-state index in [1.54, 1.807) is 24.3 Å². The van der Waals surface area contributed by atoms with Crippen molar-refractivity contribution in [3.8, 4) is 0 Å². The van der Waals surface area contributed by atoms with Gasteiger partial charge in [-0.05, 0) is 24.6 Å². The van der Waals surface area contributed by atoms with Gasteiger partial charge in [-0.15, -0.1) is 0 Å². The summed E-state index contributed by atoms with van der Waals surface area (Å²) in [6, 6.07) is 5.95. The standard InChI is InChI=1S/C11H14F3N3O/c12-11(13,14)5-2-6-16-10(18)17-9-4-1-3-8(15)7-9/h1,3-4,7H,2,5-6,15H2,(H2,16,17,18). The van der Waals surface area contributed by atoms with Crippen molar-refractivity contribution in [1.82, 2.24) is 5.32 Å². The van der Waals surface area contributed by atoms with Crippen LogP contribution in [-0.2, 0) is 0 Å². The van der Waals surface area contributed by atoms with Crippen molar-refractivity contribution in [1.29, 1.82) is 0 Å². The maximum absolute atomic E-state index is 11.8. The molecular weight excluding hydrogens is 247 g/mol. The van der Waals surface area contributed by atoms with Gasteiger partial charge in [-0.25, -0.2) is 4.79 Å². The summed E-state index contributed by atoms with van der Waals surface area (Å²) in [4.78, 5) is 11.3. The predicted molar refractivity (Wildman–Crippen MR) is 63.2 cm³/mol. The van der Waals surface area contributed by atoms with Crippen LogP contribution in [0.25, 0.3) is 0 Å². The third-order valence-corrected chi connectivity index (χ3v) is 2.07. The maximum Gasteiger partial charge on any atom is 0.389 e. The van der Waals surface area contributed by atoms with Crippen molar-refractivity contribution >= 4 is 17.4 Å². The third-order valence-electron chi connectivity index (χ3n) is 2.07. The minimum atomic E-state index is -4.19. The van der Waals surface area contributed by atoms with Crippen LogP contribution in [0.5, 0.6) is 0 Å². The number of nitrogens with two attached hydrogens (primary N) is 1. The van der Waals surface area contributed by atoms with Gasteiger partial charge in [-0.1, -0.05) is 6.07 Å². The van der Waals surface area contributed by atoms with Crippen molar-refractivity contribution in [2.75, 3.05) is 17.6 Å². The Morgan fingerprint density at radius 1 is 1.33 bits per heavy atom. The molecule has 2 amide bonds. The molecule has 4 N–H and O–H groups in total. The molecule has 0 saturated heterocycles. The molecule has 7 heteroatoms. The second-order valence-electron chi connectivity index (χ2n) is 3.73. The van der Waals surface area contributed by atoms with E-state index >= 15 is 0 Å². The SMILES string of the molecule is Nc1cccc(NC(=O)NCCCC(F)(F)F)c1. The Kier molecular flexibility index (Phi) is 4.82. The maximum atomic E-state index is 11.8. The first-order valence-corrected chi connectivity index (χ1v) is 5.34. The summed E-state index contributed by atoms with van der Waals surface area (Å²) in [7, 11) is 0. The highest BCUT2D eigenvalue weighted by Crippen LogP contribution is 2.20. The lowest BCUT2D eigenvalue weighted by atomic mass is 10.3. The van der Waals surface area contributed by atoms with Gasteiger partial charge >= 0.3 is 12.2 Å². The van der Waals surface area contributed by atoms with E-state index in [0.29, 0.717) is 11.4 Å². The van der Waals surface area contributed by atoms with E-state index in [1.807, 2.05) is 0 Å². The average Bonchev–Trinajstić information content (AvgIpc) is 2.23. The molecule has 0 saturated carbocycles. The molecule has 18 heavy (non-hydrogen) atoms. The molecule has 0 radical (unpaired) electrons. The van der Waals surface area contributed by atoms with Crippen LogP contribution in [0.3, 0.4) is 0 Å². The summed E-state index contributed by atoms with van der Waals surface area (Å²) in [6.07, 6.45) is -5.24. The van der Waals surface area contributed by atoms with E-state index in [1.165, 1.54) is 0 Å². The number of hydrogen-bond acceptors (Lipinski definition) is 2. The molecule has 0 aliphatic rings. The highest BCUT2D eigenvalue weighted by atomic mass is 19.4. The van der Waals surface area contributed by atoms with Gasteiger partial charge in [-0.2, -0.15) is 13.2 Å². The van der Waals surface area contributed by atoms with Crippen LogP contribution in [0.1, 0.15) is 12.8 Å². The lowest BCUT2D eigenvalue weighted by Gasteiger charge is -2.09. The number of urea groups is 1. The highest BCUT2D eigenvalue weighted by molar-refractivity contribution is 5.89. The second kappa shape index (κ2) is 6.13. The van der Waals surface area contributed by atoms with Crippen LogP contribution >= 0.6 is 0 Å². The smallest absolute Gasteiger partial charge is 0.389 e. The van der Waals surface area contributed by atoms with Crippen LogP contribution in [0.15, 0.2) is 24.3 Å². The van der Waals surface area contributed by atoms with Gasteiger partial charge in [0.2, 0.25) is 0 Å². The average molecular weight is 261 g/mol. The molecule has 0 unspecified atom stereocenters. The highest BCUT2D eigenvalue weighted by Gasteiger charge is 2.25. The summed E-state index contributed by atoms with van der Waals surface area (Å²) in [6.45, 7) is -0.0341. The molecule has 4 nitrogen and oxygen atoms in total. The van der Waals surface area contributed by atoms with E-state index in [9.17, 15) is 18.0 Å². The summed E-state index contributed by atoms with van der Waals surface area (Å²) in [5.74, 6) is 0. The van der Waals surface area contributed by atoms with Crippen LogP contribution in [0.2, 0.25) is 0 Å². The predicted octanol–water partition coefficient (Wildman–Crippen LogP) is 2.73. The zero-order valence-electron chi connectivity index (χ0n) is 9.55. The molecule has 1 aromatic carbocycles. The molecular formula is C11H14F3N3O. The van der Waals surface area contributed by atoms with Gasteiger partial charge in [0.15, 0.2) is 0 Å². The second-order valence-corrected chi connectivity index (χ2v) is 3.73. The van der Waals surface area contributed by atoms with Crippen molar-refractivity contribution in [3.63, 3.8) is 0 Å².